The van der Waals surface area contributed by atoms with Gasteiger partial charge in [-0.1, -0.05) is 36.4 Å². The average molecular weight is 368 g/mol. The Morgan fingerprint density at radius 2 is 1.74 bits per heavy atom. The van der Waals surface area contributed by atoms with Crippen LogP contribution in [0.5, 0.6) is 5.75 Å². The lowest BCUT2D eigenvalue weighted by Gasteiger charge is -2.09. The van der Waals surface area contributed by atoms with Crippen molar-refractivity contribution in [1.82, 2.24) is 0 Å². The van der Waals surface area contributed by atoms with Gasteiger partial charge in [0.1, 0.15) is 17.9 Å². The molecule has 27 heavy (non-hydrogen) atoms. The van der Waals surface area contributed by atoms with Crippen molar-refractivity contribution >= 4 is 22.9 Å². The van der Waals surface area contributed by atoms with Gasteiger partial charge in [0.05, 0.1) is 25.7 Å². The molecule has 6 nitrogen and oxygen atoms in total. The molecule has 1 aromatic heterocycles. The average Bonchev–Trinajstić information content (AvgIpc) is 3.06. The highest BCUT2D eigenvalue weighted by Crippen LogP contribution is 2.27. The molecule has 140 valence electrons. The zero-order chi connectivity index (χ0) is 19.2. The van der Waals surface area contributed by atoms with Gasteiger partial charge < -0.3 is 18.6 Å². The second-order valence-electron chi connectivity index (χ2n) is 5.78. The number of rotatable bonds is 7. The van der Waals surface area contributed by atoms with Gasteiger partial charge in [-0.2, -0.15) is 0 Å². The van der Waals surface area contributed by atoms with Gasteiger partial charge in [-0.05, 0) is 19.1 Å². The molecule has 0 aliphatic carbocycles. The van der Waals surface area contributed by atoms with Crippen LogP contribution in [0.4, 0.5) is 0 Å². The third kappa shape index (κ3) is 4.11. The van der Waals surface area contributed by atoms with Crippen LogP contribution < -0.4 is 4.74 Å². The van der Waals surface area contributed by atoms with Crippen molar-refractivity contribution in [3.05, 3.63) is 65.4 Å². The first kappa shape index (κ1) is 18.5. The number of methoxy groups -OCH3 is 1. The molecule has 2 aromatic carbocycles. The van der Waals surface area contributed by atoms with E-state index in [-0.39, 0.29) is 25.4 Å². The summed E-state index contributed by atoms with van der Waals surface area (Å²) in [6, 6.07) is 14.4. The normalized spacial score (nSPS) is 10.6. The van der Waals surface area contributed by atoms with Crippen LogP contribution in [0.2, 0.25) is 0 Å². The summed E-state index contributed by atoms with van der Waals surface area (Å²) in [5.41, 5.74) is 1.77. The lowest BCUT2D eigenvalue weighted by atomic mass is 10.1. The van der Waals surface area contributed by atoms with Gasteiger partial charge in [-0.3, -0.25) is 4.79 Å². The summed E-state index contributed by atoms with van der Waals surface area (Å²) in [7, 11) is 1.55. The van der Waals surface area contributed by atoms with E-state index in [1.54, 1.807) is 38.3 Å². The largest absolute Gasteiger partial charge is 0.496 e. The van der Waals surface area contributed by atoms with Crippen molar-refractivity contribution in [3.8, 4) is 5.75 Å². The Morgan fingerprint density at radius 3 is 2.52 bits per heavy atom. The number of carbonyl (C=O) groups is 2. The Labute approximate surface area is 156 Å². The molecule has 0 radical (unpaired) electrons. The highest BCUT2D eigenvalue weighted by molar-refractivity contribution is 5.96. The topological polar surface area (TPSA) is 75.0 Å². The Bertz CT molecular complexity index is 956. The molecule has 3 rings (SSSR count). The quantitative estimate of drug-likeness (QED) is 0.589. The fraction of sp³-hybridized carbons (Fsp3) is 0.238. The minimum Gasteiger partial charge on any atom is -0.496 e. The van der Waals surface area contributed by atoms with E-state index < -0.39 is 11.9 Å². The summed E-state index contributed by atoms with van der Waals surface area (Å²) in [6.45, 7) is 1.86. The molecular formula is C21H20O6. The van der Waals surface area contributed by atoms with Crippen LogP contribution in [0.3, 0.4) is 0 Å². The molecule has 1 heterocycles. The second-order valence-corrected chi connectivity index (χ2v) is 5.78. The standard InChI is InChI=1S/C21H20O6/c1-3-25-21(23)20-16(15-9-5-7-11-18(15)27-20)13-26-19(22)12-14-8-4-6-10-17(14)24-2/h4-11H,3,12-13H2,1-2H3. The maximum atomic E-state index is 12.3. The van der Waals surface area contributed by atoms with Gasteiger partial charge in [0.25, 0.3) is 0 Å². The van der Waals surface area contributed by atoms with Gasteiger partial charge in [0, 0.05) is 10.9 Å². The Balaban J connectivity index is 1.78. The molecule has 0 N–H and O–H groups in total. The lowest BCUT2D eigenvalue weighted by Crippen LogP contribution is -2.11. The Morgan fingerprint density at radius 1 is 1.00 bits per heavy atom. The Kier molecular flexibility index (Phi) is 5.76. The van der Waals surface area contributed by atoms with Crippen LogP contribution in [-0.4, -0.2) is 25.7 Å². The number of hydrogen-bond acceptors (Lipinski definition) is 6. The highest BCUT2D eigenvalue weighted by atomic mass is 16.5. The van der Waals surface area contributed by atoms with Crippen molar-refractivity contribution in [2.75, 3.05) is 13.7 Å². The molecule has 0 atom stereocenters. The number of benzene rings is 2. The number of hydrogen-bond donors (Lipinski definition) is 0. The summed E-state index contributed by atoms with van der Waals surface area (Å²) >= 11 is 0. The van der Waals surface area contributed by atoms with Crippen molar-refractivity contribution < 1.29 is 28.2 Å². The molecule has 0 unspecified atom stereocenters. The molecule has 0 aliphatic heterocycles. The molecule has 6 heteroatoms. The van der Waals surface area contributed by atoms with Crippen molar-refractivity contribution in [2.24, 2.45) is 0 Å². The van der Waals surface area contributed by atoms with Gasteiger partial charge in [-0.25, -0.2) is 4.79 Å². The number of para-hydroxylation sites is 2. The van der Waals surface area contributed by atoms with Gasteiger partial charge in [0.2, 0.25) is 5.76 Å². The molecule has 0 saturated heterocycles. The lowest BCUT2D eigenvalue weighted by molar-refractivity contribution is -0.144. The first-order valence-corrected chi connectivity index (χ1v) is 8.59. The molecule has 0 saturated carbocycles. The van der Waals surface area contributed by atoms with Crippen LogP contribution >= 0.6 is 0 Å². The molecule has 0 amide bonds. The van der Waals surface area contributed by atoms with E-state index >= 15 is 0 Å². The van der Waals surface area contributed by atoms with Gasteiger partial charge in [0.15, 0.2) is 0 Å². The van der Waals surface area contributed by atoms with E-state index in [1.165, 1.54) is 0 Å². The maximum Gasteiger partial charge on any atom is 0.374 e. The number of furan rings is 1. The highest BCUT2D eigenvalue weighted by Gasteiger charge is 2.22. The molecule has 0 aliphatic rings. The van der Waals surface area contributed by atoms with E-state index in [4.69, 9.17) is 18.6 Å². The third-order valence-electron chi connectivity index (χ3n) is 4.06. The van der Waals surface area contributed by atoms with E-state index in [1.807, 2.05) is 24.3 Å². The minimum atomic E-state index is -0.579. The number of fused-ring (bicyclic) bond motifs is 1. The van der Waals surface area contributed by atoms with E-state index in [0.717, 1.165) is 5.56 Å². The molecule has 0 bridgehead atoms. The predicted octanol–water partition coefficient (Wildman–Crippen LogP) is 3.90. The number of carbonyl (C=O) groups excluding carboxylic acids is 2. The van der Waals surface area contributed by atoms with Crippen LogP contribution in [0.15, 0.2) is 52.9 Å². The predicted molar refractivity (Wildman–Crippen MR) is 98.7 cm³/mol. The summed E-state index contributed by atoms with van der Waals surface area (Å²) < 4.78 is 21.3. The number of esters is 2. The van der Waals surface area contributed by atoms with Gasteiger partial charge >= 0.3 is 11.9 Å². The van der Waals surface area contributed by atoms with Crippen LogP contribution in [0.25, 0.3) is 11.0 Å². The van der Waals surface area contributed by atoms with Crippen molar-refractivity contribution in [1.29, 1.82) is 0 Å². The van der Waals surface area contributed by atoms with Crippen molar-refractivity contribution in [3.63, 3.8) is 0 Å². The zero-order valence-corrected chi connectivity index (χ0v) is 15.2. The Hall–Kier alpha value is -3.28. The summed E-state index contributed by atoms with van der Waals surface area (Å²) in [5, 5.41) is 0.714. The molecule has 3 aromatic rings. The number of ether oxygens (including phenoxy) is 3. The molecular weight excluding hydrogens is 348 g/mol. The fourth-order valence-corrected chi connectivity index (χ4v) is 2.81. The summed E-state index contributed by atoms with van der Waals surface area (Å²) in [5.74, 6) is -0.331. The molecule has 0 spiro atoms. The van der Waals surface area contributed by atoms with E-state index in [0.29, 0.717) is 22.3 Å². The minimum absolute atomic E-state index is 0.0585. The second kappa shape index (κ2) is 8.40. The smallest absolute Gasteiger partial charge is 0.374 e. The first-order valence-electron chi connectivity index (χ1n) is 8.59. The van der Waals surface area contributed by atoms with Crippen LogP contribution in [0, 0.1) is 0 Å². The maximum absolute atomic E-state index is 12.3. The zero-order valence-electron chi connectivity index (χ0n) is 15.2. The fourth-order valence-electron chi connectivity index (χ4n) is 2.81. The van der Waals surface area contributed by atoms with E-state index in [2.05, 4.69) is 0 Å². The van der Waals surface area contributed by atoms with Gasteiger partial charge in [-0.15, -0.1) is 0 Å². The third-order valence-corrected chi connectivity index (χ3v) is 4.06. The molecule has 0 fully saturated rings. The monoisotopic (exact) mass is 368 g/mol. The first-order chi connectivity index (χ1) is 13.1. The van der Waals surface area contributed by atoms with Crippen LogP contribution in [0.1, 0.15) is 28.6 Å². The SMILES string of the molecule is CCOC(=O)c1oc2ccccc2c1COC(=O)Cc1ccccc1OC. The van der Waals surface area contributed by atoms with Crippen LogP contribution in [-0.2, 0) is 27.3 Å². The summed E-state index contributed by atoms with van der Waals surface area (Å²) in [4.78, 5) is 24.5. The van der Waals surface area contributed by atoms with E-state index in [9.17, 15) is 9.59 Å². The summed E-state index contributed by atoms with van der Waals surface area (Å²) in [6.07, 6.45) is 0.0640. The van der Waals surface area contributed by atoms with Crippen molar-refractivity contribution in [2.45, 2.75) is 20.0 Å².